The standard InChI is InChI=1S/C23H26N4/c1-19-7-2-3-8-20(19)16-27-17-21(22-9-4-5-10-23(22)27)15-24-11-6-13-26-14-12-25-18-26/h2-5,7-10,12,14,17-18,24H,6,11,13,15-16H2,1H3. The maximum Gasteiger partial charge on any atom is 0.0945 e. The predicted octanol–water partition coefficient (Wildman–Crippen LogP) is 4.37. The highest BCUT2D eigenvalue weighted by Gasteiger charge is 2.09. The number of nitrogens with zero attached hydrogens (tertiary/aromatic N) is 3. The van der Waals surface area contributed by atoms with Crippen molar-refractivity contribution >= 4 is 10.9 Å². The van der Waals surface area contributed by atoms with Crippen LogP contribution < -0.4 is 5.32 Å². The van der Waals surface area contributed by atoms with E-state index in [-0.39, 0.29) is 0 Å². The molecule has 4 rings (SSSR count). The highest BCUT2D eigenvalue weighted by Crippen LogP contribution is 2.23. The summed E-state index contributed by atoms with van der Waals surface area (Å²) in [6.07, 6.45) is 9.12. The summed E-state index contributed by atoms with van der Waals surface area (Å²) in [5.74, 6) is 0. The molecule has 0 unspecified atom stereocenters. The molecule has 27 heavy (non-hydrogen) atoms. The van der Waals surface area contributed by atoms with E-state index in [0.717, 1.165) is 32.6 Å². The SMILES string of the molecule is Cc1ccccc1Cn1cc(CNCCCn2ccnc2)c2ccccc21. The molecule has 0 amide bonds. The van der Waals surface area contributed by atoms with Crippen LogP contribution in [0.2, 0.25) is 0 Å². The molecule has 138 valence electrons. The van der Waals surface area contributed by atoms with Crippen LogP contribution in [0.1, 0.15) is 23.1 Å². The number of para-hydroxylation sites is 1. The summed E-state index contributed by atoms with van der Waals surface area (Å²) in [6.45, 7) is 5.99. The molecule has 2 heterocycles. The quantitative estimate of drug-likeness (QED) is 0.475. The first-order valence-corrected chi connectivity index (χ1v) is 9.59. The van der Waals surface area contributed by atoms with Gasteiger partial charge in [-0.3, -0.25) is 0 Å². The van der Waals surface area contributed by atoms with Crippen LogP contribution in [0.3, 0.4) is 0 Å². The molecule has 0 atom stereocenters. The van der Waals surface area contributed by atoms with Gasteiger partial charge in [0.15, 0.2) is 0 Å². The summed E-state index contributed by atoms with van der Waals surface area (Å²) in [7, 11) is 0. The van der Waals surface area contributed by atoms with Crippen molar-refractivity contribution in [3.05, 3.63) is 90.1 Å². The van der Waals surface area contributed by atoms with E-state index >= 15 is 0 Å². The van der Waals surface area contributed by atoms with Gasteiger partial charge in [0, 0.05) is 49.1 Å². The third kappa shape index (κ3) is 4.12. The minimum atomic E-state index is 0.894. The Bertz CT molecular complexity index is 998. The normalized spacial score (nSPS) is 11.3. The third-order valence-corrected chi connectivity index (χ3v) is 5.12. The van der Waals surface area contributed by atoms with E-state index in [1.807, 2.05) is 18.7 Å². The number of hydrogen-bond donors (Lipinski definition) is 1. The number of aryl methyl sites for hydroxylation is 2. The fourth-order valence-corrected chi connectivity index (χ4v) is 3.59. The highest BCUT2D eigenvalue weighted by molar-refractivity contribution is 5.84. The van der Waals surface area contributed by atoms with Crippen molar-refractivity contribution in [2.75, 3.05) is 6.54 Å². The van der Waals surface area contributed by atoms with Gasteiger partial charge < -0.3 is 14.5 Å². The molecule has 0 saturated heterocycles. The van der Waals surface area contributed by atoms with E-state index in [1.165, 1.54) is 27.6 Å². The van der Waals surface area contributed by atoms with Crippen LogP contribution in [-0.4, -0.2) is 20.7 Å². The third-order valence-electron chi connectivity index (χ3n) is 5.12. The smallest absolute Gasteiger partial charge is 0.0945 e. The molecule has 4 nitrogen and oxygen atoms in total. The van der Waals surface area contributed by atoms with E-state index in [1.54, 1.807) is 0 Å². The number of hydrogen-bond acceptors (Lipinski definition) is 2. The van der Waals surface area contributed by atoms with Crippen LogP contribution in [0.15, 0.2) is 73.4 Å². The fraction of sp³-hybridized carbons (Fsp3) is 0.261. The molecular formula is C23H26N4. The Morgan fingerprint density at radius 2 is 1.85 bits per heavy atom. The number of nitrogens with one attached hydrogen (secondary N) is 1. The predicted molar refractivity (Wildman–Crippen MR) is 111 cm³/mol. The van der Waals surface area contributed by atoms with Crippen molar-refractivity contribution in [3.63, 3.8) is 0 Å². The lowest BCUT2D eigenvalue weighted by molar-refractivity contribution is 0.581. The summed E-state index contributed by atoms with van der Waals surface area (Å²) >= 11 is 0. The number of rotatable bonds is 8. The Morgan fingerprint density at radius 3 is 2.70 bits per heavy atom. The van der Waals surface area contributed by atoms with Crippen molar-refractivity contribution in [1.29, 1.82) is 0 Å². The van der Waals surface area contributed by atoms with E-state index in [4.69, 9.17) is 0 Å². The molecule has 0 bridgehead atoms. The first-order chi connectivity index (χ1) is 13.3. The van der Waals surface area contributed by atoms with Crippen molar-refractivity contribution < 1.29 is 0 Å². The van der Waals surface area contributed by atoms with E-state index in [0.29, 0.717) is 0 Å². The molecule has 0 radical (unpaired) electrons. The van der Waals surface area contributed by atoms with Crippen molar-refractivity contribution in [1.82, 2.24) is 19.4 Å². The second-order valence-corrected chi connectivity index (χ2v) is 7.06. The minimum Gasteiger partial charge on any atom is -0.343 e. The Hall–Kier alpha value is -2.85. The van der Waals surface area contributed by atoms with Gasteiger partial charge in [0.25, 0.3) is 0 Å². The van der Waals surface area contributed by atoms with E-state index in [2.05, 4.69) is 81.1 Å². The van der Waals surface area contributed by atoms with Gasteiger partial charge in [-0.15, -0.1) is 0 Å². The second kappa shape index (κ2) is 8.23. The average molecular weight is 358 g/mol. The maximum absolute atomic E-state index is 4.09. The highest BCUT2D eigenvalue weighted by atomic mass is 15.0. The zero-order valence-electron chi connectivity index (χ0n) is 15.8. The summed E-state index contributed by atoms with van der Waals surface area (Å²) in [6, 6.07) is 17.3. The molecular weight excluding hydrogens is 332 g/mol. The molecule has 0 spiro atoms. The first-order valence-electron chi connectivity index (χ1n) is 9.59. The Morgan fingerprint density at radius 1 is 1.00 bits per heavy atom. The number of fused-ring (bicyclic) bond motifs is 1. The molecule has 1 N–H and O–H groups in total. The Kier molecular flexibility index (Phi) is 5.35. The van der Waals surface area contributed by atoms with E-state index < -0.39 is 0 Å². The van der Waals surface area contributed by atoms with Gasteiger partial charge in [-0.05, 0) is 42.6 Å². The van der Waals surface area contributed by atoms with Crippen LogP contribution in [0.5, 0.6) is 0 Å². The zero-order valence-corrected chi connectivity index (χ0v) is 15.8. The Balaban J connectivity index is 1.44. The lowest BCUT2D eigenvalue weighted by Gasteiger charge is -2.08. The number of benzene rings is 2. The maximum atomic E-state index is 4.09. The van der Waals surface area contributed by atoms with Gasteiger partial charge in [0.2, 0.25) is 0 Å². The number of imidazole rings is 1. The number of aromatic nitrogens is 3. The van der Waals surface area contributed by atoms with Crippen LogP contribution in [0, 0.1) is 6.92 Å². The van der Waals surface area contributed by atoms with Crippen molar-refractivity contribution in [2.24, 2.45) is 0 Å². The van der Waals surface area contributed by atoms with Crippen molar-refractivity contribution in [3.8, 4) is 0 Å². The van der Waals surface area contributed by atoms with Crippen LogP contribution in [0.4, 0.5) is 0 Å². The summed E-state index contributed by atoms with van der Waals surface area (Å²) < 4.78 is 4.50. The largest absolute Gasteiger partial charge is 0.343 e. The lowest BCUT2D eigenvalue weighted by atomic mass is 10.1. The summed E-state index contributed by atoms with van der Waals surface area (Å²) in [5.41, 5.74) is 5.38. The molecule has 0 saturated carbocycles. The summed E-state index contributed by atoms with van der Waals surface area (Å²) in [5, 5.41) is 4.94. The molecule has 0 aliphatic rings. The summed E-state index contributed by atoms with van der Waals surface area (Å²) in [4.78, 5) is 4.09. The van der Waals surface area contributed by atoms with Crippen LogP contribution in [-0.2, 0) is 19.6 Å². The monoisotopic (exact) mass is 358 g/mol. The molecule has 4 heteroatoms. The molecule has 0 fully saturated rings. The Labute approximate surface area is 160 Å². The minimum absolute atomic E-state index is 0.894. The van der Waals surface area contributed by atoms with Crippen LogP contribution >= 0.6 is 0 Å². The van der Waals surface area contributed by atoms with Gasteiger partial charge in [-0.25, -0.2) is 4.98 Å². The molecule has 0 aliphatic heterocycles. The fourth-order valence-electron chi connectivity index (χ4n) is 3.59. The molecule has 2 aromatic heterocycles. The second-order valence-electron chi connectivity index (χ2n) is 7.06. The zero-order chi connectivity index (χ0) is 18.5. The average Bonchev–Trinajstić information content (AvgIpc) is 3.32. The molecule has 0 aliphatic carbocycles. The van der Waals surface area contributed by atoms with Crippen molar-refractivity contribution in [2.45, 2.75) is 33.0 Å². The van der Waals surface area contributed by atoms with Gasteiger partial charge in [0.1, 0.15) is 0 Å². The molecule has 4 aromatic rings. The molecule has 2 aromatic carbocycles. The van der Waals surface area contributed by atoms with Gasteiger partial charge in [0.05, 0.1) is 6.33 Å². The first kappa shape index (κ1) is 17.6. The lowest BCUT2D eigenvalue weighted by Crippen LogP contribution is -2.16. The topological polar surface area (TPSA) is 34.8 Å². The van der Waals surface area contributed by atoms with E-state index in [9.17, 15) is 0 Å². The van der Waals surface area contributed by atoms with Crippen LogP contribution in [0.25, 0.3) is 10.9 Å². The van der Waals surface area contributed by atoms with Gasteiger partial charge in [-0.2, -0.15) is 0 Å². The van der Waals surface area contributed by atoms with Gasteiger partial charge in [-0.1, -0.05) is 42.5 Å². The van der Waals surface area contributed by atoms with Gasteiger partial charge >= 0.3 is 0 Å².